The molecule has 2 rings (SSSR count). The van der Waals surface area contributed by atoms with Crippen LogP contribution < -0.4 is 5.32 Å². The number of aliphatic carboxylic acids is 1. The minimum atomic E-state index is -0.912. The number of amides is 1. The Balaban J connectivity index is 2.07. The van der Waals surface area contributed by atoms with Crippen LogP contribution in [0.4, 0.5) is 0 Å². The minimum absolute atomic E-state index is 0.124. The maximum Gasteiger partial charge on any atom is 0.326 e. The monoisotopic (exact) mass is 276 g/mol. The SMILES string of the molecule is CNC(Cc1ccccc1)C(=O)N1CCCC1C(=O)O. The summed E-state index contributed by atoms with van der Waals surface area (Å²) in [4.78, 5) is 25.2. The Bertz CT molecular complexity index is 475. The van der Waals surface area contributed by atoms with Gasteiger partial charge in [-0.3, -0.25) is 4.79 Å². The molecule has 0 saturated carbocycles. The Morgan fingerprint density at radius 2 is 2.10 bits per heavy atom. The molecule has 0 bridgehead atoms. The average Bonchev–Trinajstić information content (AvgIpc) is 2.94. The van der Waals surface area contributed by atoms with E-state index < -0.39 is 12.0 Å². The predicted octanol–water partition coefficient (Wildman–Crippen LogP) is 0.893. The fourth-order valence-electron chi connectivity index (χ4n) is 2.65. The molecule has 0 radical (unpaired) electrons. The van der Waals surface area contributed by atoms with E-state index in [9.17, 15) is 9.59 Å². The van der Waals surface area contributed by atoms with Gasteiger partial charge in [0, 0.05) is 6.54 Å². The van der Waals surface area contributed by atoms with E-state index >= 15 is 0 Å². The van der Waals surface area contributed by atoms with Crippen molar-refractivity contribution in [1.29, 1.82) is 0 Å². The van der Waals surface area contributed by atoms with Crippen LogP contribution in [-0.2, 0) is 16.0 Å². The van der Waals surface area contributed by atoms with Crippen LogP contribution >= 0.6 is 0 Å². The highest BCUT2D eigenvalue weighted by Crippen LogP contribution is 2.19. The molecule has 1 aromatic rings. The van der Waals surface area contributed by atoms with Crippen molar-refractivity contribution in [3.63, 3.8) is 0 Å². The first kappa shape index (κ1) is 14.5. The van der Waals surface area contributed by atoms with Crippen LogP contribution in [-0.4, -0.2) is 47.6 Å². The van der Waals surface area contributed by atoms with Gasteiger partial charge in [0.15, 0.2) is 0 Å². The molecule has 1 aliphatic rings. The maximum atomic E-state index is 12.5. The second kappa shape index (κ2) is 6.52. The number of carboxylic acid groups (broad SMARTS) is 1. The van der Waals surface area contributed by atoms with Gasteiger partial charge in [-0.1, -0.05) is 30.3 Å². The van der Waals surface area contributed by atoms with Crippen molar-refractivity contribution in [2.24, 2.45) is 0 Å². The Morgan fingerprint density at radius 3 is 2.70 bits per heavy atom. The lowest BCUT2D eigenvalue weighted by atomic mass is 10.0. The number of hydrogen-bond donors (Lipinski definition) is 2. The van der Waals surface area contributed by atoms with Crippen LogP contribution in [0.25, 0.3) is 0 Å². The molecule has 0 aliphatic carbocycles. The number of likely N-dealkylation sites (tertiary alicyclic amines) is 1. The van der Waals surface area contributed by atoms with Crippen molar-refractivity contribution < 1.29 is 14.7 Å². The number of benzene rings is 1. The molecule has 5 nitrogen and oxygen atoms in total. The third-order valence-corrected chi connectivity index (χ3v) is 3.75. The molecule has 1 heterocycles. The smallest absolute Gasteiger partial charge is 0.326 e. The summed E-state index contributed by atoms with van der Waals surface area (Å²) in [6, 6.07) is 8.68. The maximum absolute atomic E-state index is 12.5. The van der Waals surface area contributed by atoms with E-state index in [-0.39, 0.29) is 11.9 Å². The molecule has 0 aromatic heterocycles. The molecule has 20 heavy (non-hydrogen) atoms. The van der Waals surface area contributed by atoms with Crippen molar-refractivity contribution in [3.05, 3.63) is 35.9 Å². The highest BCUT2D eigenvalue weighted by molar-refractivity contribution is 5.87. The molecule has 5 heteroatoms. The fourth-order valence-corrected chi connectivity index (χ4v) is 2.65. The van der Waals surface area contributed by atoms with Crippen LogP contribution in [0.5, 0.6) is 0 Å². The summed E-state index contributed by atoms with van der Waals surface area (Å²) in [7, 11) is 1.73. The third kappa shape index (κ3) is 3.17. The Labute approximate surface area is 118 Å². The van der Waals surface area contributed by atoms with Gasteiger partial charge < -0.3 is 15.3 Å². The predicted molar refractivity (Wildman–Crippen MR) is 75.4 cm³/mol. The van der Waals surface area contributed by atoms with Gasteiger partial charge in [0.25, 0.3) is 0 Å². The van der Waals surface area contributed by atoms with Gasteiger partial charge >= 0.3 is 5.97 Å². The van der Waals surface area contributed by atoms with Gasteiger partial charge in [0.1, 0.15) is 6.04 Å². The van der Waals surface area contributed by atoms with E-state index in [0.717, 1.165) is 12.0 Å². The lowest BCUT2D eigenvalue weighted by molar-refractivity contribution is -0.149. The Morgan fingerprint density at radius 1 is 1.40 bits per heavy atom. The number of nitrogens with one attached hydrogen (secondary N) is 1. The second-order valence-electron chi connectivity index (χ2n) is 5.06. The molecule has 1 saturated heterocycles. The molecule has 1 amide bonds. The second-order valence-corrected chi connectivity index (χ2v) is 5.06. The summed E-state index contributed by atoms with van der Waals surface area (Å²) in [6.07, 6.45) is 1.87. The molecular formula is C15H20N2O3. The van der Waals surface area contributed by atoms with Crippen LogP contribution in [0.2, 0.25) is 0 Å². The molecule has 2 unspecified atom stereocenters. The van der Waals surface area contributed by atoms with Gasteiger partial charge in [-0.05, 0) is 31.9 Å². The molecular weight excluding hydrogens is 256 g/mol. The first-order valence-corrected chi connectivity index (χ1v) is 6.88. The van der Waals surface area contributed by atoms with E-state index in [1.54, 1.807) is 7.05 Å². The van der Waals surface area contributed by atoms with Crippen LogP contribution in [0, 0.1) is 0 Å². The third-order valence-electron chi connectivity index (χ3n) is 3.75. The van der Waals surface area contributed by atoms with Gasteiger partial charge in [0.2, 0.25) is 5.91 Å². The highest BCUT2D eigenvalue weighted by Gasteiger charge is 2.36. The number of likely N-dealkylation sites (N-methyl/N-ethyl adjacent to an activating group) is 1. The summed E-state index contributed by atoms with van der Waals surface area (Å²) in [5.41, 5.74) is 1.06. The summed E-state index contributed by atoms with van der Waals surface area (Å²) in [5.74, 6) is -1.04. The standard InChI is InChI=1S/C15H20N2O3/c1-16-12(10-11-6-3-2-4-7-11)14(18)17-9-5-8-13(17)15(19)20/h2-4,6-7,12-13,16H,5,8-10H2,1H3,(H,19,20). The zero-order chi connectivity index (χ0) is 14.5. The number of rotatable bonds is 5. The summed E-state index contributed by atoms with van der Waals surface area (Å²) < 4.78 is 0. The van der Waals surface area contributed by atoms with Crippen LogP contribution in [0.3, 0.4) is 0 Å². The van der Waals surface area contributed by atoms with Crippen LogP contribution in [0.15, 0.2) is 30.3 Å². The van der Waals surface area contributed by atoms with Crippen molar-refractivity contribution in [2.75, 3.05) is 13.6 Å². The van der Waals surface area contributed by atoms with Crippen molar-refractivity contribution >= 4 is 11.9 Å². The largest absolute Gasteiger partial charge is 0.480 e. The highest BCUT2D eigenvalue weighted by atomic mass is 16.4. The van der Waals surface area contributed by atoms with Crippen LogP contribution in [0.1, 0.15) is 18.4 Å². The molecule has 108 valence electrons. The van der Waals surface area contributed by atoms with Gasteiger partial charge in [-0.25, -0.2) is 4.79 Å². The average molecular weight is 276 g/mol. The molecule has 1 aromatic carbocycles. The minimum Gasteiger partial charge on any atom is -0.480 e. The van der Waals surface area contributed by atoms with Gasteiger partial charge in [-0.15, -0.1) is 0 Å². The topological polar surface area (TPSA) is 69.6 Å². The lowest BCUT2D eigenvalue weighted by Crippen LogP contribution is -2.50. The van der Waals surface area contributed by atoms with E-state index in [2.05, 4.69) is 5.32 Å². The number of carboxylic acids is 1. The van der Waals surface area contributed by atoms with Crippen molar-refractivity contribution in [2.45, 2.75) is 31.3 Å². The van der Waals surface area contributed by atoms with E-state index in [0.29, 0.717) is 19.4 Å². The van der Waals surface area contributed by atoms with Gasteiger partial charge in [0.05, 0.1) is 6.04 Å². The quantitative estimate of drug-likeness (QED) is 0.838. The number of carbonyl (C=O) groups is 2. The first-order chi connectivity index (χ1) is 9.63. The zero-order valence-corrected chi connectivity index (χ0v) is 11.6. The van der Waals surface area contributed by atoms with E-state index in [4.69, 9.17) is 5.11 Å². The molecule has 0 spiro atoms. The summed E-state index contributed by atoms with van der Waals surface area (Å²) in [5, 5.41) is 12.2. The normalized spacial score (nSPS) is 19.9. The zero-order valence-electron chi connectivity index (χ0n) is 11.6. The Hall–Kier alpha value is -1.88. The van der Waals surface area contributed by atoms with E-state index in [1.807, 2.05) is 30.3 Å². The first-order valence-electron chi connectivity index (χ1n) is 6.88. The number of nitrogens with zero attached hydrogens (tertiary/aromatic N) is 1. The van der Waals surface area contributed by atoms with E-state index in [1.165, 1.54) is 4.90 Å². The Kier molecular flexibility index (Phi) is 4.74. The lowest BCUT2D eigenvalue weighted by Gasteiger charge is -2.26. The molecule has 1 aliphatic heterocycles. The molecule has 2 atom stereocenters. The van der Waals surface area contributed by atoms with Crippen molar-refractivity contribution in [1.82, 2.24) is 10.2 Å². The molecule has 2 N–H and O–H groups in total. The van der Waals surface area contributed by atoms with Gasteiger partial charge in [-0.2, -0.15) is 0 Å². The number of hydrogen-bond acceptors (Lipinski definition) is 3. The molecule has 1 fully saturated rings. The fraction of sp³-hybridized carbons (Fsp3) is 0.467. The summed E-state index contributed by atoms with van der Waals surface area (Å²) >= 11 is 0. The number of carbonyl (C=O) groups excluding carboxylic acids is 1. The summed E-state index contributed by atoms with van der Waals surface area (Å²) in [6.45, 7) is 0.531. The van der Waals surface area contributed by atoms with Crippen molar-refractivity contribution in [3.8, 4) is 0 Å².